The largest absolute Gasteiger partial charge is 0.505 e. The molecule has 1 aromatic carbocycles. The lowest BCUT2D eigenvalue weighted by Gasteiger charge is -1.87. The fourth-order valence-corrected chi connectivity index (χ4v) is 1.01. The normalized spacial score (nSPS) is 9.18. The summed E-state index contributed by atoms with van der Waals surface area (Å²) in [7, 11) is 0. The third kappa shape index (κ3) is 2.06. The van der Waals surface area contributed by atoms with Crippen molar-refractivity contribution in [3.8, 4) is 0 Å². The Kier molecular flexibility index (Phi) is 2.68. The molecule has 2 nitrogen and oxygen atoms in total. The zero-order chi connectivity index (χ0) is 8.27. The van der Waals surface area contributed by atoms with E-state index in [1.54, 1.807) is 12.1 Å². The lowest BCUT2D eigenvalue weighted by atomic mass is 10.2. The van der Waals surface area contributed by atoms with Crippen LogP contribution in [0.2, 0.25) is 0 Å². The maximum absolute atomic E-state index is 10.5. The minimum absolute atomic E-state index is 0.385. The van der Waals surface area contributed by atoms with Gasteiger partial charge in [0.25, 0.3) is 10.1 Å². The van der Waals surface area contributed by atoms with Crippen LogP contribution in [0.3, 0.4) is 0 Å². The Morgan fingerprint density at radius 3 is 2.18 bits per heavy atom. The molecule has 4 heteroatoms. The highest BCUT2D eigenvalue weighted by Crippen LogP contribution is 2.06. The van der Waals surface area contributed by atoms with Gasteiger partial charge in [0.05, 0.1) is 0 Å². The quantitative estimate of drug-likeness (QED) is 0.523. The molecule has 11 heavy (non-hydrogen) atoms. The number of hydrogen-bond donors (Lipinski definition) is 0. The average Bonchev–Trinajstić information content (AvgIpc) is 2.05. The highest BCUT2D eigenvalue weighted by Gasteiger charge is 2.06. The second-order valence-electron chi connectivity index (χ2n) is 1.88. The fraction of sp³-hybridized carbons (Fsp3) is 0. The monoisotopic (exact) mass is 187 g/mol. The Hall–Kier alpha value is -0.800. The van der Waals surface area contributed by atoms with Crippen molar-refractivity contribution in [2.24, 2.45) is 0 Å². The topological polar surface area (TPSA) is 34.1 Å². The fourth-order valence-electron chi connectivity index (χ4n) is 0.642. The molecule has 56 valence electrons. The molecule has 0 bridgehead atoms. The van der Waals surface area contributed by atoms with Gasteiger partial charge < -0.3 is 0 Å². The zero-order valence-corrected chi connectivity index (χ0v) is 6.98. The lowest BCUT2D eigenvalue weighted by Crippen LogP contribution is -1.87. The van der Waals surface area contributed by atoms with Gasteiger partial charge in [-0.1, -0.05) is 0 Å². The van der Waals surface area contributed by atoms with E-state index < -0.39 is 5.24 Å². The van der Waals surface area contributed by atoms with E-state index in [4.69, 9.17) is 11.6 Å². The summed E-state index contributed by atoms with van der Waals surface area (Å²) >= 11 is 5.56. The van der Waals surface area contributed by atoms with E-state index in [9.17, 15) is 9.00 Å². The highest BCUT2D eigenvalue weighted by molar-refractivity contribution is 7.65. The molecule has 0 saturated heterocycles. The summed E-state index contributed by atoms with van der Waals surface area (Å²) < 4.78 is 10.2. The molecule has 0 aliphatic carbocycles. The van der Waals surface area contributed by atoms with Gasteiger partial charge in [-0.15, -0.1) is 0 Å². The Balaban J connectivity index is 3.00. The van der Waals surface area contributed by atoms with Crippen LogP contribution in [0.15, 0.2) is 29.2 Å². The first kappa shape index (κ1) is 8.30. The molecule has 0 aliphatic rings. The Bertz CT molecular complexity index is 281. The van der Waals surface area contributed by atoms with Crippen LogP contribution >= 0.6 is 11.6 Å². The van der Waals surface area contributed by atoms with Crippen LogP contribution in [0, 0.1) is 0 Å². The van der Waals surface area contributed by atoms with Crippen molar-refractivity contribution in [1.82, 2.24) is 0 Å². The summed E-state index contributed by atoms with van der Waals surface area (Å²) in [5, 5.41) is -0.507. The molecule has 0 amide bonds. The first-order valence-electron chi connectivity index (χ1n) is 2.84. The number of carbonyl (C=O) groups excluding carboxylic acids is 1. The number of benzene rings is 1. The molecule has 0 unspecified atom stereocenters. The van der Waals surface area contributed by atoms with E-state index in [1.165, 1.54) is 12.1 Å². The van der Waals surface area contributed by atoms with Gasteiger partial charge in [0, 0.05) is 21.9 Å². The maximum Gasteiger partial charge on any atom is 0.505 e. The third-order valence-electron chi connectivity index (χ3n) is 1.18. The van der Waals surface area contributed by atoms with Gasteiger partial charge >= 0.3 is 11.7 Å². The molecule has 1 rings (SSSR count). The minimum atomic E-state index is -0.507. The summed E-state index contributed by atoms with van der Waals surface area (Å²) in [5.74, 6) is 0. The molecule has 0 radical (unpaired) electrons. The molecule has 0 N–H and O–H groups in total. The Labute approximate surface area is 72.7 Å². The zero-order valence-electron chi connectivity index (χ0n) is 5.41. The van der Waals surface area contributed by atoms with Crippen LogP contribution in [0.5, 0.6) is 0 Å². The minimum Gasteiger partial charge on any atom is -0.276 e. The van der Waals surface area contributed by atoms with Crippen LogP contribution in [0.4, 0.5) is 0 Å². The van der Waals surface area contributed by atoms with Crippen LogP contribution in [-0.4, -0.2) is 5.24 Å². The van der Waals surface area contributed by atoms with E-state index in [1.807, 2.05) is 0 Å². The van der Waals surface area contributed by atoms with Crippen LogP contribution in [0.25, 0.3) is 0 Å². The van der Waals surface area contributed by atoms with Crippen molar-refractivity contribution in [2.45, 2.75) is 4.90 Å². The molecule has 0 fully saturated rings. The standard InChI is InChI=1S/C7H4ClO2S/c8-7(9)5-1-3-6(11-10)4-2-5/h1-4H/q+1. The van der Waals surface area contributed by atoms with Gasteiger partial charge in [-0.3, -0.25) is 4.79 Å². The highest BCUT2D eigenvalue weighted by atomic mass is 35.5. The van der Waals surface area contributed by atoms with Crippen LogP contribution in [0.1, 0.15) is 10.4 Å². The molecule has 0 spiro atoms. The SMILES string of the molecule is O=[S+]c1ccc(C(=O)Cl)cc1. The van der Waals surface area contributed by atoms with Crippen molar-refractivity contribution in [2.75, 3.05) is 0 Å². The van der Waals surface area contributed by atoms with Gasteiger partial charge in [0.1, 0.15) is 0 Å². The van der Waals surface area contributed by atoms with Crippen molar-refractivity contribution < 1.29 is 9.00 Å². The number of carbonyl (C=O) groups is 1. The summed E-state index contributed by atoms with van der Waals surface area (Å²) in [6.07, 6.45) is 0. The van der Waals surface area contributed by atoms with Crippen LogP contribution in [-0.2, 0) is 15.9 Å². The van der Waals surface area contributed by atoms with E-state index in [2.05, 4.69) is 0 Å². The molecule has 0 aromatic heterocycles. The molecular formula is C7H4ClO2S+. The molecule has 0 atom stereocenters. The van der Waals surface area contributed by atoms with Gasteiger partial charge in [-0.25, -0.2) is 0 Å². The second-order valence-corrected chi connectivity index (χ2v) is 2.86. The first-order valence-corrected chi connectivity index (χ1v) is 3.95. The van der Waals surface area contributed by atoms with Gasteiger partial charge in [0.15, 0.2) is 0 Å². The van der Waals surface area contributed by atoms with E-state index in [-0.39, 0.29) is 0 Å². The number of rotatable bonds is 2. The number of hydrogen-bond acceptors (Lipinski definition) is 2. The van der Waals surface area contributed by atoms with E-state index >= 15 is 0 Å². The van der Waals surface area contributed by atoms with E-state index in [0.29, 0.717) is 22.1 Å². The van der Waals surface area contributed by atoms with Crippen molar-refractivity contribution in [1.29, 1.82) is 0 Å². The maximum atomic E-state index is 10.5. The molecule has 0 heterocycles. The first-order chi connectivity index (χ1) is 5.24. The third-order valence-corrected chi connectivity index (χ3v) is 1.86. The second kappa shape index (κ2) is 3.55. The molecule has 0 aliphatic heterocycles. The van der Waals surface area contributed by atoms with Gasteiger partial charge in [-0.05, 0) is 23.7 Å². The number of halogens is 1. The summed E-state index contributed by atoms with van der Waals surface area (Å²) in [5.41, 5.74) is 0.407. The Morgan fingerprint density at radius 2 is 1.82 bits per heavy atom. The average molecular weight is 188 g/mol. The van der Waals surface area contributed by atoms with E-state index in [0.717, 1.165) is 0 Å². The summed E-state index contributed by atoms with van der Waals surface area (Å²) in [6.45, 7) is 0. The molecular weight excluding hydrogens is 184 g/mol. The van der Waals surface area contributed by atoms with Crippen LogP contribution < -0.4 is 0 Å². The smallest absolute Gasteiger partial charge is 0.276 e. The summed E-state index contributed by atoms with van der Waals surface area (Å²) in [4.78, 5) is 11.1. The summed E-state index contributed by atoms with van der Waals surface area (Å²) in [6, 6.07) is 6.17. The predicted molar refractivity (Wildman–Crippen MR) is 42.9 cm³/mol. The van der Waals surface area contributed by atoms with Gasteiger partial charge in [0.2, 0.25) is 0 Å². The van der Waals surface area contributed by atoms with Crippen molar-refractivity contribution in [3.05, 3.63) is 29.8 Å². The van der Waals surface area contributed by atoms with Crippen molar-refractivity contribution in [3.63, 3.8) is 0 Å². The van der Waals surface area contributed by atoms with Gasteiger partial charge in [-0.2, -0.15) is 0 Å². The lowest BCUT2D eigenvalue weighted by molar-refractivity contribution is 0.108. The molecule has 0 saturated carbocycles. The molecule has 1 aromatic rings. The van der Waals surface area contributed by atoms with Crippen molar-refractivity contribution >= 4 is 28.5 Å². The Morgan fingerprint density at radius 1 is 1.27 bits per heavy atom. The predicted octanol–water partition coefficient (Wildman–Crippen LogP) is 1.85.